The number of imidazole rings is 1. The van der Waals surface area contributed by atoms with Crippen molar-refractivity contribution in [2.75, 3.05) is 0 Å². The van der Waals surface area contributed by atoms with E-state index in [4.69, 9.17) is 0 Å². The number of benzene rings is 1. The quantitative estimate of drug-likeness (QED) is 0.781. The van der Waals surface area contributed by atoms with Crippen LogP contribution in [0.3, 0.4) is 0 Å². The normalized spacial score (nSPS) is 11.6. The number of nitrogens with zero attached hydrogens (tertiary/aromatic N) is 4. The van der Waals surface area contributed by atoms with Crippen LogP contribution in [-0.2, 0) is 20.1 Å². The van der Waals surface area contributed by atoms with Crippen molar-refractivity contribution < 1.29 is 0 Å². The van der Waals surface area contributed by atoms with Crippen LogP contribution < -0.4 is 5.32 Å². The summed E-state index contributed by atoms with van der Waals surface area (Å²) in [6.45, 7) is 5.80. The van der Waals surface area contributed by atoms with E-state index in [1.807, 2.05) is 30.2 Å². The van der Waals surface area contributed by atoms with Crippen LogP contribution >= 0.6 is 0 Å². The number of para-hydroxylation sites is 1. The van der Waals surface area contributed by atoms with Crippen LogP contribution in [0.2, 0.25) is 0 Å². The van der Waals surface area contributed by atoms with Gasteiger partial charge in [-0.3, -0.25) is 4.68 Å². The SMILES string of the molecule is CC(C)NCc1nccn1Cc1nn(C)c2ccccc12. The molecule has 3 aromatic rings. The highest BCUT2D eigenvalue weighted by molar-refractivity contribution is 5.81. The van der Waals surface area contributed by atoms with Gasteiger partial charge in [0.2, 0.25) is 0 Å². The van der Waals surface area contributed by atoms with Gasteiger partial charge in [-0.25, -0.2) is 4.98 Å². The van der Waals surface area contributed by atoms with Gasteiger partial charge >= 0.3 is 0 Å². The summed E-state index contributed by atoms with van der Waals surface area (Å²) in [4.78, 5) is 4.44. The van der Waals surface area contributed by atoms with Crippen molar-refractivity contribution in [3.63, 3.8) is 0 Å². The fourth-order valence-corrected chi connectivity index (χ4v) is 2.51. The van der Waals surface area contributed by atoms with Gasteiger partial charge in [-0.05, 0) is 6.07 Å². The second kappa shape index (κ2) is 5.69. The number of fused-ring (bicyclic) bond motifs is 1. The van der Waals surface area contributed by atoms with Crippen molar-refractivity contribution >= 4 is 10.9 Å². The van der Waals surface area contributed by atoms with E-state index < -0.39 is 0 Å². The molecular formula is C16H21N5. The van der Waals surface area contributed by atoms with E-state index >= 15 is 0 Å². The molecule has 3 rings (SSSR count). The Hall–Kier alpha value is -2.14. The van der Waals surface area contributed by atoms with Gasteiger partial charge < -0.3 is 9.88 Å². The van der Waals surface area contributed by atoms with E-state index in [2.05, 4.69) is 52.0 Å². The Labute approximate surface area is 124 Å². The van der Waals surface area contributed by atoms with Crippen LogP contribution in [0.25, 0.3) is 10.9 Å². The van der Waals surface area contributed by atoms with E-state index in [-0.39, 0.29) is 0 Å². The summed E-state index contributed by atoms with van der Waals surface area (Å²) in [5.74, 6) is 1.04. The van der Waals surface area contributed by atoms with Crippen LogP contribution in [0.15, 0.2) is 36.7 Å². The summed E-state index contributed by atoms with van der Waals surface area (Å²) in [5.41, 5.74) is 2.24. The molecule has 1 aromatic carbocycles. The zero-order valence-electron chi connectivity index (χ0n) is 12.7. The van der Waals surface area contributed by atoms with Crippen molar-refractivity contribution in [2.24, 2.45) is 7.05 Å². The average Bonchev–Trinajstić information content (AvgIpc) is 3.03. The van der Waals surface area contributed by atoms with Crippen LogP contribution in [0.4, 0.5) is 0 Å². The summed E-state index contributed by atoms with van der Waals surface area (Å²) in [6, 6.07) is 8.78. The number of hydrogen-bond donors (Lipinski definition) is 1. The topological polar surface area (TPSA) is 47.7 Å². The van der Waals surface area contributed by atoms with E-state index in [9.17, 15) is 0 Å². The van der Waals surface area contributed by atoms with Crippen LogP contribution in [0.1, 0.15) is 25.4 Å². The lowest BCUT2D eigenvalue weighted by atomic mass is 10.2. The molecule has 0 saturated carbocycles. The lowest BCUT2D eigenvalue weighted by Crippen LogP contribution is -2.24. The van der Waals surface area contributed by atoms with Crippen molar-refractivity contribution in [3.05, 3.63) is 48.2 Å². The minimum Gasteiger partial charge on any atom is -0.328 e. The predicted octanol–water partition coefficient (Wildman–Crippen LogP) is 2.32. The van der Waals surface area contributed by atoms with E-state index in [1.165, 1.54) is 5.39 Å². The van der Waals surface area contributed by atoms with Crippen molar-refractivity contribution in [3.8, 4) is 0 Å². The van der Waals surface area contributed by atoms with E-state index in [1.54, 1.807) is 0 Å². The second-order valence-electron chi connectivity index (χ2n) is 5.59. The molecule has 0 aliphatic rings. The van der Waals surface area contributed by atoms with Gasteiger partial charge in [0.1, 0.15) is 5.82 Å². The number of aromatic nitrogens is 4. The monoisotopic (exact) mass is 283 g/mol. The van der Waals surface area contributed by atoms with Gasteiger partial charge in [0.05, 0.1) is 24.3 Å². The first-order chi connectivity index (χ1) is 10.1. The zero-order valence-corrected chi connectivity index (χ0v) is 12.7. The fourth-order valence-electron chi connectivity index (χ4n) is 2.51. The van der Waals surface area contributed by atoms with Crippen molar-refractivity contribution in [1.29, 1.82) is 0 Å². The summed E-state index contributed by atoms with van der Waals surface area (Å²) in [6.07, 6.45) is 3.86. The third-order valence-corrected chi connectivity index (χ3v) is 3.62. The molecule has 0 bridgehead atoms. The molecule has 5 heteroatoms. The molecule has 0 fully saturated rings. The lowest BCUT2D eigenvalue weighted by molar-refractivity contribution is 0.552. The van der Waals surface area contributed by atoms with E-state index in [0.29, 0.717) is 6.04 Å². The van der Waals surface area contributed by atoms with E-state index in [0.717, 1.165) is 30.1 Å². The third kappa shape index (κ3) is 2.83. The average molecular weight is 283 g/mol. The lowest BCUT2D eigenvalue weighted by Gasteiger charge is -2.10. The smallest absolute Gasteiger partial charge is 0.123 e. The minimum atomic E-state index is 0.450. The molecule has 0 unspecified atom stereocenters. The molecule has 2 aromatic heterocycles. The maximum atomic E-state index is 4.65. The number of hydrogen-bond acceptors (Lipinski definition) is 3. The Morgan fingerprint density at radius 2 is 2.05 bits per heavy atom. The molecule has 110 valence electrons. The van der Waals surface area contributed by atoms with Crippen LogP contribution in [0, 0.1) is 0 Å². The van der Waals surface area contributed by atoms with Gasteiger partial charge in [0, 0.05) is 30.9 Å². The first kappa shape index (κ1) is 13.8. The number of aryl methyl sites for hydroxylation is 1. The highest BCUT2D eigenvalue weighted by Crippen LogP contribution is 2.18. The number of nitrogens with one attached hydrogen (secondary N) is 1. The van der Waals surface area contributed by atoms with Crippen molar-refractivity contribution in [2.45, 2.75) is 33.0 Å². The molecule has 0 amide bonds. The highest BCUT2D eigenvalue weighted by atomic mass is 15.3. The molecule has 5 nitrogen and oxygen atoms in total. The van der Waals surface area contributed by atoms with Gasteiger partial charge in [0.25, 0.3) is 0 Å². The maximum absolute atomic E-state index is 4.65. The number of rotatable bonds is 5. The largest absolute Gasteiger partial charge is 0.328 e. The first-order valence-corrected chi connectivity index (χ1v) is 7.29. The Balaban J connectivity index is 1.87. The molecule has 1 N–H and O–H groups in total. The molecule has 0 saturated heterocycles. The van der Waals surface area contributed by atoms with Gasteiger partial charge in [-0.2, -0.15) is 5.10 Å². The summed E-state index contributed by atoms with van der Waals surface area (Å²) in [7, 11) is 1.99. The highest BCUT2D eigenvalue weighted by Gasteiger charge is 2.10. The first-order valence-electron chi connectivity index (χ1n) is 7.29. The summed E-state index contributed by atoms with van der Waals surface area (Å²) < 4.78 is 4.10. The summed E-state index contributed by atoms with van der Waals surface area (Å²) in [5, 5.41) is 9.26. The molecule has 0 aliphatic heterocycles. The molecule has 0 spiro atoms. The zero-order chi connectivity index (χ0) is 14.8. The Kier molecular flexibility index (Phi) is 3.75. The molecule has 0 aliphatic carbocycles. The van der Waals surface area contributed by atoms with Gasteiger partial charge in [0.15, 0.2) is 0 Å². The van der Waals surface area contributed by atoms with Crippen LogP contribution in [-0.4, -0.2) is 25.4 Å². The maximum Gasteiger partial charge on any atom is 0.123 e. The molecular weight excluding hydrogens is 262 g/mol. The third-order valence-electron chi connectivity index (χ3n) is 3.62. The molecule has 0 atom stereocenters. The molecule has 0 radical (unpaired) electrons. The predicted molar refractivity (Wildman–Crippen MR) is 84.0 cm³/mol. The Bertz CT molecular complexity index is 738. The Morgan fingerprint density at radius 1 is 1.24 bits per heavy atom. The second-order valence-corrected chi connectivity index (χ2v) is 5.59. The fraction of sp³-hybridized carbons (Fsp3) is 0.375. The van der Waals surface area contributed by atoms with Gasteiger partial charge in [-0.1, -0.05) is 32.0 Å². The van der Waals surface area contributed by atoms with Gasteiger partial charge in [-0.15, -0.1) is 0 Å². The summed E-state index contributed by atoms with van der Waals surface area (Å²) >= 11 is 0. The minimum absolute atomic E-state index is 0.450. The van der Waals surface area contributed by atoms with Crippen molar-refractivity contribution in [1.82, 2.24) is 24.6 Å². The van der Waals surface area contributed by atoms with Crippen LogP contribution in [0.5, 0.6) is 0 Å². The molecule has 21 heavy (non-hydrogen) atoms. The molecule has 2 heterocycles. The Morgan fingerprint density at radius 3 is 2.86 bits per heavy atom. The standard InChI is InChI=1S/C16H21N5/c1-12(2)18-10-16-17-8-9-21(16)11-14-13-6-4-5-7-15(13)20(3)19-14/h4-9,12,18H,10-11H2,1-3H3.